The molecule has 110 valence electrons. The lowest BCUT2D eigenvalue weighted by Gasteiger charge is -2.32. The van der Waals surface area contributed by atoms with Crippen LogP contribution < -0.4 is 0 Å². The van der Waals surface area contributed by atoms with E-state index in [2.05, 4.69) is 0 Å². The summed E-state index contributed by atoms with van der Waals surface area (Å²) in [5.74, 6) is -3.20. The summed E-state index contributed by atoms with van der Waals surface area (Å²) in [5.41, 5.74) is 0.955. The number of carboxylic acids is 1. The SMILES string of the molecule is O=C(O)C1CCCCN1Cc1ccc(SC(F)F)cc1. The van der Waals surface area contributed by atoms with Crippen LogP contribution in [0.1, 0.15) is 24.8 Å². The van der Waals surface area contributed by atoms with Crippen LogP contribution in [0.5, 0.6) is 0 Å². The Hall–Kier alpha value is -1.14. The van der Waals surface area contributed by atoms with E-state index in [0.717, 1.165) is 24.9 Å². The molecule has 0 amide bonds. The van der Waals surface area contributed by atoms with E-state index in [-0.39, 0.29) is 0 Å². The summed E-state index contributed by atoms with van der Waals surface area (Å²) < 4.78 is 24.4. The first-order chi connectivity index (χ1) is 9.56. The normalized spacial score (nSPS) is 20.2. The minimum atomic E-state index is -2.42. The van der Waals surface area contributed by atoms with Crippen molar-refractivity contribution in [1.82, 2.24) is 4.90 Å². The van der Waals surface area contributed by atoms with Gasteiger partial charge < -0.3 is 5.11 Å². The molecule has 0 spiro atoms. The Labute approximate surface area is 121 Å². The van der Waals surface area contributed by atoms with E-state index in [1.807, 2.05) is 4.90 Å². The van der Waals surface area contributed by atoms with Crippen molar-refractivity contribution in [3.63, 3.8) is 0 Å². The van der Waals surface area contributed by atoms with E-state index in [9.17, 15) is 18.7 Å². The van der Waals surface area contributed by atoms with Crippen molar-refractivity contribution in [2.24, 2.45) is 0 Å². The van der Waals surface area contributed by atoms with Crippen molar-refractivity contribution in [1.29, 1.82) is 0 Å². The fourth-order valence-electron chi connectivity index (χ4n) is 2.47. The second-order valence-corrected chi connectivity index (χ2v) is 5.91. The van der Waals surface area contributed by atoms with Gasteiger partial charge in [-0.1, -0.05) is 30.3 Å². The largest absolute Gasteiger partial charge is 0.480 e. The van der Waals surface area contributed by atoms with Crippen molar-refractivity contribution in [3.8, 4) is 0 Å². The maximum absolute atomic E-state index is 12.2. The van der Waals surface area contributed by atoms with Gasteiger partial charge in [-0.25, -0.2) is 0 Å². The van der Waals surface area contributed by atoms with Crippen LogP contribution in [-0.2, 0) is 11.3 Å². The summed E-state index contributed by atoms with van der Waals surface area (Å²) in [7, 11) is 0. The summed E-state index contributed by atoms with van der Waals surface area (Å²) in [6, 6.07) is 6.47. The van der Waals surface area contributed by atoms with E-state index in [1.165, 1.54) is 0 Å². The Kier molecular flexibility index (Phi) is 5.37. The maximum atomic E-state index is 12.2. The lowest BCUT2D eigenvalue weighted by Crippen LogP contribution is -2.43. The van der Waals surface area contributed by atoms with E-state index in [4.69, 9.17) is 0 Å². The average molecular weight is 301 g/mol. The number of alkyl halides is 2. The Bertz CT molecular complexity index is 453. The zero-order valence-electron chi connectivity index (χ0n) is 11.0. The fourth-order valence-corrected chi connectivity index (χ4v) is 2.97. The average Bonchev–Trinajstić information content (AvgIpc) is 2.41. The number of carboxylic acid groups (broad SMARTS) is 1. The van der Waals surface area contributed by atoms with Crippen molar-refractivity contribution >= 4 is 17.7 Å². The molecule has 1 atom stereocenters. The molecule has 2 rings (SSSR count). The first-order valence-electron chi connectivity index (χ1n) is 6.57. The molecule has 1 aliphatic heterocycles. The monoisotopic (exact) mass is 301 g/mol. The lowest BCUT2D eigenvalue weighted by molar-refractivity contribution is -0.144. The smallest absolute Gasteiger partial charge is 0.320 e. The third kappa shape index (κ3) is 4.18. The molecule has 1 heterocycles. The van der Waals surface area contributed by atoms with Crippen LogP contribution in [0.4, 0.5) is 8.78 Å². The van der Waals surface area contributed by atoms with Gasteiger partial charge in [-0.15, -0.1) is 0 Å². The Morgan fingerprint density at radius 3 is 2.65 bits per heavy atom. The topological polar surface area (TPSA) is 40.5 Å². The minimum absolute atomic E-state index is 0.432. The van der Waals surface area contributed by atoms with Crippen LogP contribution in [0.25, 0.3) is 0 Å². The van der Waals surface area contributed by atoms with Crippen LogP contribution in [0.3, 0.4) is 0 Å². The van der Waals surface area contributed by atoms with Gasteiger partial charge in [0.25, 0.3) is 5.76 Å². The van der Waals surface area contributed by atoms with Gasteiger partial charge in [0.1, 0.15) is 6.04 Å². The molecule has 20 heavy (non-hydrogen) atoms. The molecule has 0 aromatic heterocycles. The van der Waals surface area contributed by atoms with Gasteiger partial charge in [0, 0.05) is 11.4 Å². The van der Waals surface area contributed by atoms with Crippen LogP contribution in [0.15, 0.2) is 29.2 Å². The van der Waals surface area contributed by atoms with Crippen molar-refractivity contribution in [3.05, 3.63) is 29.8 Å². The predicted octanol–water partition coefficient (Wildman–Crippen LogP) is 3.44. The predicted molar refractivity (Wildman–Crippen MR) is 74.0 cm³/mol. The summed E-state index contributed by atoms with van der Waals surface area (Å²) >= 11 is 0.518. The van der Waals surface area contributed by atoms with Crippen molar-refractivity contribution in [2.45, 2.75) is 42.5 Å². The maximum Gasteiger partial charge on any atom is 0.320 e. The van der Waals surface area contributed by atoms with Gasteiger partial charge >= 0.3 is 5.97 Å². The highest BCUT2D eigenvalue weighted by Crippen LogP contribution is 2.26. The molecule has 0 radical (unpaired) electrons. The number of piperidine rings is 1. The molecule has 1 unspecified atom stereocenters. The van der Waals surface area contributed by atoms with Crippen LogP contribution in [0, 0.1) is 0 Å². The van der Waals surface area contributed by atoms with Crippen LogP contribution in [-0.4, -0.2) is 34.3 Å². The highest BCUT2D eigenvalue weighted by Gasteiger charge is 2.28. The third-order valence-corrected chi connectivity index (χ3v) is 4.16. The van der Waals surface area contributed by atoms with Gasteiger partial charge in [0.15, 0.2) is 0 Å². The molecular weight excluding hydrogens is 284 g/mol. The van der Waals surface area contributed by atoms with E-state index in [1.54, 1.807) is 24.3 Å². The molecule has 1 aliphatic rings. The highest BCUT2D eigenvalue weighted by atomic mass is 32.2. The number of carbonyl (C=O) groups is 1. The molecule has 3 nitrogen and oxygen atoms in total. The van der Waals surface area contributed by atoms with Gasteiger partial charge in [-0.05, 0) is 37.1 Å². The first-order valence-corrected chi connectivity index (χ1v) is 7.45. The number of nitrogens with zero attached hydrogens (tertiary/aromatic N) is 1. The summed E-state index contributed by atoms with van der Waals surface area (Å²) in [5, 5.41) is 9.20. The number of benzene rings is 1. The molecule has 0 bridgehead atoms. The minimum Gasteiger partial charge on any atom is -0.480 e. The second-order valence-electron chi connectivity index (χ2n) is 4.84. The van der Waals surface area contributed by atoms with E-state index >= 15 is 0 Å². The zero-order valence-corrected chi connectivity index (χ0v) is 11.8. The van der Waals surface area contributed by atoms with Gasteiger partial charge in [0.05, 0.1) is 0 Å². The third-order valence-electron chi connectivity index (χ3n) is 3.43. The van der Waals surface area contributed by atoms with E-state index in [0.29, 0.717) is 29.6 Å². The standard InChI is InChI=1S/C14H17F2NO2S/c15-14(16)20-11-6-4-10(5-7-11)9-17-8-2-1-3-12(17)13(18)19/h4-7,12,14H,1-3,8-9H2,(H,18,19). The van der Waals surface area contributed by atoms with E-state index < -0.39 is 17.8 Å². The molecule has 0 saturated carbocycles. The molecular formula is C14H17F2NO2S. The quantitative estimate of drug-likeness (QED) is 0.846. The second kappa shape index (κ2) is 7.04. The van der Waals surface area contributed by atoms with Crippen LogP contribution >= 0.6 is 11.8 Å². The molecule has 1 saturated heterocycles. The van der Waals surface area contributed by atoms with Gasteiger partial charge in [-0.2, -0.15) is 8.78 Å². The Morgan fingerprint density at radius 2 is 2.05 bits per heavy atom. The summed E-state index contributed by atoms with van der Waals surface area (Å²) in [6.07, 6.45) is 2.62. The summed E-state index contributed by atoms with van der Waals surface area (Å²) in [4.78, 5) is 13.7. The zero-order chi connectivity index (χ0) is 14.5. The number of halogens is 2. The Balaban J connectivity index is 1.99. The number of likely N-dealkylation sites (tertiary alicyclic amines) is 1. The van der Waals surface area contributed by atoms with Crippen LogP contribution in [0.2, 0.25) is 0 Å². The Morgan fingerprint density at radius 1 is 1.35 bits per heavy atom. The molecule has 1 fully saturated rings. The van der Waals surface area contributed by atoms with Gasteiger partial charge in [0.2, 0.25) is 0 Å². The number of hydrogen-bond acceptors (Lipinski definition) is 3. The number of aliphatic carboxylic acids is 1. The molecule has 6 heteroatoms. The van der Waals surface area contributed by atoms with Gasteiger partial charge in [-0.3, -0.25) is 9.69 Å². The van der Waals surface area contributed by atoms with Crippen molar-refractivity contribution in [2.75, 3.05) is 6.54 Å². The first kappa shape index (κ1) is 15.3. The molecule has 1 N–H and O–H groups in total. The highest BCUT2D eigenvalue weighted by molar-refractivity contribution is 7.99. The molecule has 1 aromatic carbocycles. The summed E-state index contributed by atoms with van der Waals surface area (Å²) in [6.45, 7) is 1.32. The fraction of sp³-hybridized carbons (Fsp3) is 0.500. The molecule has 0 aliphatic carbocycles. The van der Waals surface area contributed by atoms with Crippen molar-refractivity contribution < 1.29 is 18.7 Å². The number of hydrogen-bond donors (Lipinski definition) is 1. The number of rotatable bonds is 5. The number of thioether (sulfide) groups is 1. The molecule has 1 aromatic rings. The lowest BCUT2D eigenvalue weighted by atomic mass is 10.0.